The van der Waals surface area contributed by atoms with Crippen LogP contribution in [0.1, 0.15) is 11.1 Å². The van der Waals surface area contributed by atoms with Gasteiger partial charge in [0.25, 0.3) is 0 Å². The fraction of sp³-hybridized carbons (Fsp3) is 0.176. The van der Waals surface area contributed by atoms with Crippen LogP contribution in [0.4, 0.5) is 0 Å². The highest BCUT2D eigenvalue weighted by molar-refractivity contribution is 7.72. The van der Waals surface area contributed by atoms with Gasteiger partial charge in [-0.05, 0) is 55.3 Å². The predicted octanol–water partition coefficient (Wildman–Crippen LogP) is 2.41. The van der Waals surface area contributed by atoms with Crippen molar-refractivity contribution in [3.8, 4) is 5.69 Å². The molecule has 22 heavy (non-hydrogen) atoms. The van der Waals surface area contributed by atoms with Gasteiger partial charge in [-0.3, -0.25) is 0 Å². The van der Waals surface area contributed by atoms with Gasteiger partial charge in [0, 0.05) is 17.3 Å². The van der Waals surface area contributed by atoms with Gasteiger partial charge in [-0.25, -0.2) is 8.42 Å². The largest absolute Gasteiger partial charge is 0.330 e. The van der Waals surface area contributed by atoms with Crippen LogP contribution in [-0.2, 0) is 17.1 Å². The molecule has 1 heterocycles. The molecule has 114 valence electrons. The van der Waals surface area contributed by atoms with Crippen LogP contribution in [0.3, 0.4) is 0 Å². The van der Waals surface area contributed by atoms with E-state index in [-0.39, 0.29) is 0 Å². The van der Waals surface area contributed by atoms with Crippen LogP contribution in [0.25, 0.3) is 16.6 Å². The van der Waals surface area contributed by atoms with Gasteiger partial charge in [0.2, 0.25) is 0 Å². The minimum atomic E-state index is -2.59. The Hall–Kier alpha value is -2.11. The number of fused-ring (bicyclic) bond motifs is 1. The molecule has 0 radical (unpaired) electrons. The quantitative estimate of drug-likeness (QED) is 0.727. The lowest BCUT2D eigenvalue weighted by molar-refractivity contribution is 0.614. The highest BCUT2D eigenvalue weighted by atomic mass is 32.2. The summed E-state index contributed by atoms with van der Waals surface area (Å²) in [5.41, 5.74) is 9.86. The Morgan fingerprint density at radius 3 is 2.68 bits per heavy atom. The number of thiol groups is 1. The van der Waals surface area contributed by atoms with Gasteiger partial charge in [0.15, 0.2) is 10.7 Å². The first-order chi connectivity index (χ1) is 10.6. The van der Waals surface area contributed by atoms with Crippen LogP contribution >= 0.6 is 0 Å². The molecule has 2 aromatic carbocycles. The number of nitrogens with two attached hydrogens (primary N) is 1. The Bertz CT molecular complexity index is 902. The number of benzene rings is 2. The second kappa shape index (κ2) is 5.94. The SMILES string of the molecule is Cc1ccc([SH](=O)=O)cc1-n1ccc2c(CCN)cccc21. The molecule has 0 atom stereocenters. The number of nitrogens with zero attached hydrogens (tertiary/aromatic N) is 1. The minimum Gasteiger partial charge on any atom is -0.330 e. The highest BCUT2D eigenvalue weighted by Gasteiger charge is 2.09. The molecule has 0 aliphatic heterocycles. The Morgan fingerprint density at radius 2 is 1.95 bits per heavy atom. The lowest BCUT2D eigenvalue weighted by Gasteiger charge is -2.10. The number of hydrogen-bond donors (Lipinski definition) is 2. The summed E-state index contributed by atoms with van der Waals surface area (Å²) in [6.45, 7) is 2.59. The van der Waals surface area contributed by atoms with Gasteiger partial charge in [-0.15, -0.1) is 0 Å². The van der Waals surface area contributed by atoms with Crippen LogP contribution in [-0.4, -0.2) is 19.5 Å². The molecule has 3 aromatic rings. The third kappa shape index (κ3) is 2.53. The Kier molecular flexibility index (Phi) is 4.00. The van der Waals surface area contributed by atoms with E-state index in [2.05, 4.69) is 12.1 Å². The molecule has 0 unspecified atom stereocenters. The van der Waals surface area contributed by atoms with Gasteiger partial charge >= 0.3 is 0 Å². The lowest BCUT2D eigenvalue weighted by atomic mass is 10.1. The average Bonchev–Trinajstić information content (AvgIpc) is 2.93. The van der Waals surface area contributed by atoms with Crippen molar-refractivity contribution in [3.63, 3.8) is 0 Å². The van der Waals surface area contributed by atoms with E-state index in [0.717, 1.165) is 28.6 Å². The summed E-state index contributed by atoms with van der Waals surface area (Å²) in [4.78, 5) is 0.329. The van der Waals surface area contributed by atoms with Crippen molar-refractivity contribution in [2.24, 2.45) is 5.73 Å². The van der Waals surface area contributed by atoms with E-state index in [1.54, 1.807) is 12.1 Å². The van der Waals surface area contributed by atoms with Crippen molar-refractivity contribution in [1.29, 1.82) is 0 Å². The Balaban J connectivity index is 2.23. The lowest BCUT2D eigenvalue weighted by Crippen LogP contribution is -2.03. The molecule has 5 heteroatoms. The predicted molar refractivity (Wildman–Crippen MR) is 89.4 cm³/mol. The summed E-state index contributed by atoms with van der Waals surface area (Å²) >= 11 is 0. The summed E-state index contributed by atoms with van der Waals surface area (Å²) in [5.74, 6) is 0. The van der Waals surface area contributed by atoms with Crippen molar-refractivity contribution < 1.29 is 8.42 Å². The summed E-state index contributed by atoms with van der Waals surface area (Å²) in [7, 11) is -2.59. The van der Waals surface area contributed by atoms with Crippen molar-refractivity contribution in [2.75, 3.05) is 6.54 Å². The van der Waals surface area contributed by atoms with E-state index in [9.17, 15) is 8.42 Å². The molecule has 2 N–H and O–H groups in total. The standard InChI is InChI=1S/C17H18N2O2S/c1-12-5-6-14(22(20)21)11-17(12)19-10-8-15-13(7-9-18)3-2-4-16(15)19/h2-6,8,10-11,22H,7,9,18H2,1H3. The molecule has 3 rings (SSSR count). The third-order valence-electron chi connectivity index (χ3n) is 3.90. The molecule has 0 bridgehead atoms. The molecule has 0 saturated carbocycles. The number of aromatic nitrogens is 1. The monoisotopic (exact) mass is 314 g/mol. The minimum absolute atomic E-state index is 0.329. The van der Waals surface area contributed by atoms with Crippen molar-refractivity contribution in [3.05, 3.63) is 59.8 Å². The smallest absolute Gasteiger partial charge is 0.168 e. The van der Waals surface area contributed by atoms with E-state index >= 15 is 0 Å². The molecule has 0 aliphatic rings. The van der Waals surface area contributed by atoms with E-state index in [4.69, 9.17) is 5.73 Å². The first kappa shape index (κ1) is 14.8. The maximum Gasteiger partial charge on any atom is 0.168 e. The van der Waals surface area contributed by atoms with Crippen LogP contribution in [0.5, 0.6) is 0 Å². The first-order valence-electron chi connectivity index (χ1n) is 7.16. The number of rotatable bonds is 4. The fourth-order valence-corrected chi connectivity index (χ4v) is 3.21. The summed E-state index contributed by atoms with van der Waals surface area (Å²) < 4.78 is 24.5. The van der Waals surface area contributed by atoms with Crippen LogP contribution in [0, 0.1) is 6.92 Å². The molecular weight excluding hydrogens is 296 g/mol. The highest BCUT2D eigenvalue weighted by Crippen LogP contribution is 2.26. The average molecular weight is 314 g/mol. The molecule has 4 nitrogen and oxygen atoms in total. The van der Waals surface area contributed by atoms with Gasteiger partial charge in [-0.2, -0.15) is 0 Å². The molecule has 1 aromatic heterocycles. The maximum atomic E-state index is 11.3. The molecule has 0 spiro atoms. The summed E-state index contributed by atoms with van der Waals surface area (Å²) in [6, 6.07) is 13.4. The van der Waals surface area contributed by atoms with Crippen LogP contribution in [0.2, 0.25) is 0 Å². The molecule has 0 fully saturated rings. The van der Waals surface area contributed by atoms with E-state index < -0.39 is 10.7 Å². The molecular formula is C17H18N2O2S. The van der Waals surface area contributed by atoms with Gasteiger partial charge in [-0.1, -0.05) is 18.2 Å². The van der Waals surface area contributed by atoms with E-state index in [1.165, 1.54) is 5.56 Å². The van der Waals surface area contributed by atoms with Crippen molar-refractivity contribution in [2.45, 2.75) is 18.2 Å². The normalized spacial score (nSPS) is 11.4. The maximum absolute atomic E-state index is 11.3. The zero-order valence-electron chi connectivity index (χ0n) is 12.3. The molecule has 0 aliphatic carbocycles. The molecule has 0 saturated heterocycles. The first-order valence-corrected chi connectivity index (χ1v) is 8.34. The summed E-state index contributed by atoms with van der Waals surface area (Å²) in [6.07, 6.45) is 2.81. The fourth-order valence-electron chi connectivity index (χ4n) is 2.79. The van der Waals surface area contributed by atoms with E-state index in [1.807, 2.05) is 35.9 Å². The zero-order chi connectivity index (χ0) is 15.7. The van der Waals surface area contributed by atoms with Crippen molar-refractivity contribution >= 4 is 21.6 Å². The second-order valence-corrected chi connectivity index (χ2v) is 6.33. The third-order valence-corrected chi connectivity index (χ3v) is 4.60. The van der Waals surface area contributed by atoms with Crippen LogP contribution in [0.15, 0.2) is 53.6 Å². The van der Waals surface area contributed by atoms with Gasteiger partial charge < -0.3 is 10.3 Å². The molecule has 0 amide bonds. The Labute approximate surface area is 131 Å². The van der Waals surface area contributed by atoms with Gasteiger partial charge in [0.1, 0.15) is 0 Å². The summed E-state index contributed by atoms with van der Waals surface area (Å²) in [5, 5.41) is 1.16. The van der Waals surface area contributed by atoms with Crippen molar-refractivity contribution in [1.82, 2.24) is 4.57 Å². The zero-order valence-corrected chi connectivity index (χ0v) is 13.2. The van der Waals surface area contributed by atoms with E-state index in [0.29, 0.717) is 11.4 Å². The topological polar surface area (TPSA) is 65.1 Å². The number of hydrogen-bond acceptors (Lipinski definition) is 3. The van der Waals surface area contributed by atoms with Gasteiger partial charge in [0.05, 0.1) is 10.4 Å². The second-order valence-electron chi connectivity index (χ2n) is 5.30. The van der Waals surface area contributed by atoms with Crippen LogP contribution < -0.4 is 5.73 Å². The number of aryl methyl sites for hydroxylation is 1. The Morgan fingerprint density at radius 1 is 1.14 bits per heavy atom.